The molecule has 23 heavy (non-hydrogen) atoms. The van der Waals surface area contributed by atoms with E-state index in [0.29, 0.717) is 11.4 Å². The molecule has 0 saturated heterocycles. The lowest BCUT2D eigenvalue weighted by molar-refractivity contribution is -0.151. The van der Waals surface area contributed by atoms with Crippen LogP contribution in [-0.2, 0) is 21.4 Å². The van der Waals surface area contributed by atoms with Gasteiger partial charge in [0.2, 0.25) is 0 Å². The number of nitrogens with one attached hydrogen (secondary N) is 1. The summed E-state index contributed by atoms with van der Waals surface area (Å²) in [4.78, 5) is 28.0. The Morgan fingerprint density at radius 1 is 1.30 bits per heavy atom. The maximum absolute atomic E-state index is 12.3. The lowest BCUT2D eigenvalue weighted by Crippen LogP contribution is -2.29. The molecule has 1 aliphatic rings. The van der Waals surface area contributed by atoms with Gasteiger partial charge < -0.3 is 14.6 Å². The third kappa shape index (κ3) is 2.75. The van der Waals surface area contributed by atoms with Gasteiger partial charge in [0.05, 0.1) is 11.4 Å². The number of anilines is 1. The minimum absolute atomic E-state index is 0.460. The van der Waals surface area contributed by atoms with E-state index in [1.807, 2.05) is 55.1 Å². The van der Waals surface area contributed by atoms with Crippen molar-refractivity contribution in [3.05, 3.63) is 53.3 Å². The first kappa shape index (κ1) is 15.0. The van der Waals surface area contributed by atoms with E-state index >= 15 is 0 Å². The summed E-state index contributed by atoms with van der Waals surface area (Å²) in [6.07, 6.45) is 0.636. The van der Waals surface area contributed by atoms with Gasteiger partial charge >= 0.3 is 5.97 Å². The third-order valence-electron chi connectivity index (χ3n) is 3.77. The average molecular weight is 311 g/mol. The summed E-state index contributed by atoms with van der Waals surface area (Å²) in [6, 6.07) is 9.53. The van der Waals surface area contributed by atoms with Crippen LogP contribution in [0.4, 0.5) is 5.69 Å². The summed E-state index contributed by atoms with van der Waals surface area (Å²) in [5, 5.41) is 2.79. The smallest absolute Gasteiger partial charge is 0.305 e. The molecule has 0 bridgehead atoms. The number of esters is 1. The number of carbonyl (C=O) groups excluding carboxylic acids is 2. The largest absolute Gasteiger partial charge is 0.430 e. The second-order valence-corrected chi connectivity index (χ2v) is 5.41. The highest BCUT2D eigenvalue weighted by atomic mass is 16.6. The molecule has 0 spiro atoms. The minimum atomic E-state index is -1.19. The fourth-order valence-corrected chi connectivity index (χ4v) is 2.61. The lowest BCUT2D eigenvalue weighted by atomic mass is 10.0. The molecule has 0 saturated carbocycles. The Labute approximate surface area is 133 Å². The van der Waals surface area contributed by atoms with Crippen molar-refractivity contribution >= 4 is 23.3 Å². The summed E-state index contributed by atoms with van der Waals surface area (Å²) in [7, 11) is 1.91. The number of aromatic nitrogens is 1. The van der Waals surface area contributed by atoms with Crippen LogP contribution in [0.5, 0.6) is 0 Å². The number of rotatable bonds is 2. The number of aliphatic imine (C=N–C) groups is 1. The van der Waals surface area contributed by atoms with Crippen molar-refractivity contribution in [2.24, 2.45) is 12.0 Å². The van der Waals surface area contributed by atoms with Gasteiger partial charge in [-0.3, -0.25) is 9.59 Å². The normalized spacial score (nSPS) is 16.9. The number of carbonyl (C=O) groups is 2. The van der Waals surface area contributed by atoms with E-state index in [0.717, 1.165) is 16.8 Å². The van der Waals surface area contributed by atoms with Crippen LogP contribution in [-0.4, -0.2) is 28.4 Å². The molecule has 1 aromatic heterocycles. The van der Waals surface area contributed by atoms with Gasteiger partial charge in [-0.2, -0.15) is 0 Å². The van der Waals surface area contributed by atoms with Gasteiger partial charge in [0.1, 0.15) is 0 Å². The van der Waals surface area contributed by atoms with E-state index in [4.69, 9.17) is 4.74 Å². The summed E-state index contributed by atoms with van der Waals surface area (Å²) < 4.78 is 6.99. The van der Waals surface area contributed by atoms with Gasteiger partial charge in [0.15, 0.2) is 0 Å². The monoisotopic (exact) mass is 311 g/mol. The summed E-state index contributed by atoms with van der Waals surface area (Å²) in [5.41, 5.74) is 3.94. The molecule has 1 atom stereocenters. The van der Waals surface area contributed by atoms with Gasteiger partial charge in [-0.1, -0.05) is 30.3 Å². The first-order valence-electron chi connectivity index (χ1n) is 7.25. The Morgan fingerprint density at radius 2 is 2.00 bits per heavy atom. The van der Waals surface area contributed by atoms with E-state index < -0.39 is 18.1 Å². The molecular formula is C17H17N3O3. The Morgan fingerprint density at radius 3 is 2.65 bits per heavy atom. The molecule has 2 heterocycles. The van der Waals surface area contributed by atoms with E-state index in [1.54, 1.807) is 0 Å². The molecule has 1 aromatic carbocycles. The van der Waals surface area contributed by atoms with Crippen LogP contribution < -0.4 is 5.32 Å². The van der Waals surface area contributed by atoms with Gasteiger partial charge in [-0.15, -0.1) is 0 Å². The van der Waals surface area contributed by atoms with Crippen molar-refractivity contribution in [3.8, 4) is 0 Å². The molecule has 1 unspecified atom stereocenters. The molecule has 1 N–H and O–H groups in total. The summed E-state index contributed by atoms with van der Waals surface area (Å²) in [5.74, 6) is -1.01. The standard InChI is InChI=1S/C17H17N3O3/c1-10-14-13(9-20(10)3)18-16(22)17(23-11(2)21)19-15(14)12-7-5-4-6-8-12/h4-9,17H,1-3H3,(H,18,22). The number of benzene rings is 1. The molecule has 1 aliphatic heterocycles. The highest BCUT2D eigenvalue weighted by Gasteiger charge is 2.30. The van der Waals surface area contributed by atoms with Crippen molar-refractivity contribution in [2.45, 2.75) is 20.1 Å². The van der Waals surface area contributed by atoms with Crippen LogP contribution in [0.15, 0.2) is 41.5 Å². The second-order valence-electron chi connectivity index (χ2n) is 5.41. The molecule has 118 valence electrons. The molecule has 0 fully saturated rings. The lowest BCUT2D eigenvalue weighted by Gasteiger charge is -2.11. The molecule has 6 heteroatoms. The zero-order chi connectivity index (χ0) is 16.6. The first-order chi connectivity index (χ1) is 11.0. The number of aryl methyl sites for hydroxylation is 1. The number of fused-ring (bicyclic) bond motifs is 1. The summed E-state index contributed by atoms with van der Waals surface area (Å²) >= 11 is 0. The van der Waals surface area contributed by atoms with Crippen molar-refractivity contribution in [1.82, 2.24) is 4.57 Å². The van der Waals surface area contributed by atoms with Crippen LogP contribution in [0.1, 0.15) is 23.7 Å². The summed E-state index contributed by atoms with van der Waals surface area (Å²) in [6.45, 7) is 3.21. The van der Waals surface area contributed by atoms with E-state index in [1.165, 1.54) is 6.92 Å². The third-order valence-corrected chi connectivity index (χ3v) is 3.77. The predicted octanol–water partition coefficient (Wildman–Crippen LogP) is 2.01. The molecular weight excluding hydrogens is 294 g/mol. The van der Waals surface area contributed by atoms with E-state index in [-0.39, 0.29) is 0 Å². The first-order valence-corrected chi connectivity index (χ1v) is 7.25. The zero-order valence-electron chi connectivity index (χ0n) is 13.2. The van der Waals surface area contributed by atoms with Crippen LogP contribution in [0.25, 0.3) is 0 Å². The van der Waals surface area contributed by atoms with Crippen molar-refractivity contribution < 1.29 is 14.3 Å². The number of ether oxygens (including phenoxy) is 1. The number of amides is 1. The van der Waals surface area contributed by atoms with Crippen LogP contribution >= 0.6 is 0 Å². The number of hydrogen-bond acceptors (Lipinski definition) is 4. The quantitative estimate of drug-likeness (QED) is 0.862. The fourth-order valence-electron chi connectivity index (χ4n) is 2.61. The highest BCUT2D eigenvalue weighted by Crippen LogP contribution is 2.28. The number of hydrogen-bond donors (Lipinski definition) is 1. The van der Waals surface area contributed by atoms with Crippen molar-refractivity contribution in [1.29, 1.82) is 0 Å². The topological polar surface area (TPSA) is 72.7 Å². The van der Waals surface area contributed by atoms with Gasteiger partial charge in [0.25, 0.3) is 12.1 Å². The van der Waals surface area contributed by atoms with Crippen molar-refractivity contribution in [2.75, 3.05) is 5.32 Å². The van der Waals surface area contributed by atoms with E-state index in [2.05, 4.69) is 10.3 Å². The average Bonchev–Trinajstić information content (AvgIpc) is 2.71. The maximum atomic E-state index is 12.3. The number of nitrogens with zero attached hydrogens (tertiary/aromatic N) is 2. The zero-order valence-corrected chi connectivity index (χ0v) is 13.2. The maximum Gasteiger partial charge on any atom is 0.305 e. The Hall–Kier alpha value is -2.89. The predicted molar refractivity (Wildman–Crippen MR) is 86.4 cm³/mol. The van der Waals surface area contributed by atoms with Crippen LogP contribution in [0.2, 0.25) is 0 Å². The molecule has 0 aliphatic carbocycles. The Balaban J connectivity index is 2.20. The molecule has 6 nitrogen and oxygen atoms in total. The van der Waals surface area contributed by atoms with Gasteiger partial charge in [0, 0.05) is 37.0 Å². The fraction of sp³-hybridized carbons (Fsp3) is 0.235. The Kier molecular flexibility index (Phi) is 3.73. The van der Waals surface area contributed by atoms with E-state index in [9.17, 15) is 9.59 Å². The second kappa shape index (κ2) is 5.72. The minimum Gasteiger partial charge on any atom is -0.430 e. The van der Waals surface area contributed by atoms with Crippen LogP contribution in [0.3, 0.4) is 0 Å². The van der Waals surface area contributed by atoms with Gasteiger partial charge in [-0.05, 0) is 6.92 Å². The van der Waals surface area contributed by atoms with Gasteiger partial charge in [-0.25, -0.2) is 4.99 Å². The van der Waals surface area contributed by atoms with Crippen LogP contribution in [0, 0.1) is 6.92 Å². The molecule has 2 aromatic rings. The molecule has 3 rings (SSSR count). The SMILES string of the molecule is CC(=O)OC1N=C(c2ccccc2)c2c(cn(C)c2C)NC1=O. The van der Waals surface area contributed by atoms with Crippen molar-refractivity contribution in [3.63, 3.8) is 0 Å². The highest BCUT2D eigenvalue weighted by molar-refractivity contribution is 6.20. The molecule has 0 radical (unpaired) electrons. The Bertz CT molecular complexity index is 806. The molecule has 1 amide bonds.